The SMILES string of the molecule is CCOC(=O)c1cccc(OCC(N)OCC)c1. The van der Waals surface area contributed by atoms with E-state index in [4.69, 9.17) is 19.9 Å². The largest absolute Gasteiger partial charge is 0.489 e. The molecule has 0 aliphatic carbocycles. The van der Waals surface area contributed by atoms with Gasteiger partial charge in [-0.2, -0.15) is 0 Å². The number of carbonyl (C=O) groups excluding carboxylic acids is 1. The van der Waals surface area contributed by atoms with E-state index in [-0.39, 0.29) is 12.6 Å². The Morgan fingerprint density at radius 2 is 2.11 bits per heavy atom. The van der Waals surface area contributed by atoms with Crippen LogP contribution in [-0.4, -0.2) is 32.0 Å². The fourth-order valence-corrected chi connectivity index (χ4v) is 1.37. The Bertz CT molecular complexity index is 381. The van der Waals surface area contributed by atoms with Crippen molar-refractivity contribution in [3.05, 3.63) is 29.8 Å². The number of hydrogen-bond donors (Lipinski definition) is 1. The summed E-state index contributed by atoms with van der Waals surface area (Å²) in [5.41, 5.74) is 6.10. The molecule has 1 atom stereocenters. The number of ether oxygens (including phenoxy) is 3. The summed E-state index contributed by atoms with van der Waals surface area (Å²) in [4.78, 5) is 11.5. The van der Waals surface area contributed by atoms with Crippen LogP contribution >= 0.6 is 0 Å². The normalized spacial score (nSPS) is 11.9. The summed E-state index contributed by atoms with van der Waals surface area (Å²) in [6.07, 6.45) is -0.471. The predicted octanol–water partition coefficient (Wildman–Crippen LogP) is 1.56. The molecular weight excluding hydrogens is 234 g/mol. The van der Waals surface area contributed by atoms with Gasteiger partial charge in [0.1, 0.15) is 18.6 Å². The standard InChI is InChI=1S/C13H19NO4/c1-3-16-12(14)9-18-11-7-5-6-10(8-11)13(15)17-4-2/h5-8,12H,3-4,9,14H2,1-2H3. The molecule has 5 nitrogen and oxygen atoms in total. The molecule has 0 saturated heterocycles. The van der Waals surface area contributed by atoms with Crippen molar-refractivity contribution >= 4 is 5.97 Å². The van der Waals surface area contributed by atoms with E-state index in [9.17, 15) is 4.79 Å². The van der Waals surface area contributed by atoms with Gasteiger partial charge in [0.15, 0.2) is 0 Å². The van der Waals surface area contributed by atoms with E-state index in [1.165, 1.54) is 0 Å². The topological polar surface area (TPSA) is 70.8 Å². The molecule has 18 heavy (non-hydrogen) atoms. The van der Waals surface area contributed by atoms with Gasteiger partial charge in [0.2, 0.25) is 0 Å². The van der Waals surface area contributed by atoms with Gasteiger partial charge in [-0.25, -0.2) is 4.79 Å². The van der Waals surface area contributed by atoms with Gasteiger partial charge in [-0.05, 0) is 32.0 Å². The third-order valence-electron chi connectivity index (χ3n) is 2.14. The van der Waals surface area contributed by atoms with E-state index in [2.05, 4.69) is 0 Å². The summed E-state index contributed by atoms with van der Waals surface area (Å²) < 4.78 is 15.5. The summed E-state index contributed by atoms with van der Waals surface area (Å²) in [6.45, 7) is 4.74. The van der Waals surface area contributed by atoms with Crippen molar-refractivity contribution in [3.63, 3.8) is 0 Å². The third kappa shape index (κ3) is 4.73. The van der Waals surface area contributed by atoms with Gasteiger partial charge in [-0.1, -0.05) is 6.07 Å². The van der Waals surface area contributed by atoms with E-state index in [0.717, 1.165) is 0 Å². The fourth-order valence-electron chi connectivity index (χ4n) is 1.37. The Morgan fingerprint density at radius 1 is 1.33 bits per heavy atom. The highest BCUT2D eigenvalue weighted by Gasteiger charge is 2.08. The molecule has 1 aromatic carbocycles. The molecule has 100 valence electrons. The quantitative estimate of drug-likeness (QED) is 0.590. The average molecular weight is 253 g/mol. The molecule has 0 radical (unpaired) electrons. The minimum atomic E-state index is -0.471. The molecule has 0 heterocycles. The van der Waals surface area contributed by atoms with Gasteiger partial charge < -0.3 is 19.9 Å². The lowest BCUT2D eigenvalue weighted by Crippen LogP contribution is -2.30. The van der Waals surface area contributed by atoms with Crippen LogP contribution in [0.3, 0.4) is 0 Å². The summed E-state index contributed by atoms with van der Waals surface area (Å²) in [5, 5.41) is 0. The average Bonchev–Trinajstić information content (AvgIpc) is 2.37. The number of hydrogen-bond acceptors (Lipinski definition) is 5. The Kier molecular flexibility index (Phi) is 6.18. The lowest BCUT2D eigenvalue weighted by atomic mass is 10.2. The molecule has 1 unspecified atom stereocenters. The van der Waals surface area contributed by atoms with Crippen LogP contribution in [0.1, 0.15) is 24.2 Å². The van der Waals surface area contributed by atoms with Crippen molar-refractivity contribution < 1.29 is 19.0 Å². The number of rotatable bonds is 7. The van der Waals surface area contributed by atoms with Crippen molar-refractivity contribution in [2.45, 2.75) is 20.1 Å². The molecule has 0 aliphatic rings. The van der Waals surface area contributed by atoms with Crippen LogP contribution in [0.5, 0.6) is 5.75 Å². The molecule has 0 fully saturated rings. The van der Waals surface area contributed by atoms with Crippen LogP contribution in [0.25, 0.3) is 0 Å². The molecule has 0 spiro atoms. The van der Waals surface area contributed by atoms with Gasteiger partial charge in [0, 0.05) is 6.61 Å². The number of benzene rings is 1. The van der Waals surface area contributed by atoms with E-state index in [1.807, 2.05) is 6.92 Å². The first-order chi connectivity index (χ1) is 8.67. The van der Waals surface area contributed by atoms with Gasteiger partial charge >= 0.3 is 5.97 Å². The Hall–Kier alpha value is -1.59. The minimum Gasteiger partial charge on any atom is -0.489 e. The Labute approximate surface area is 107 Å². The molecule has 2 N–H and O–H groups in total. The van der Waals surface area contributed by atoms with Crippen LogP contribution in [0.2, 0.25) is 0 Å². The van der Waals surface area contributed by atoms with E-state index >= 15 is 0 Å². The van der Waals surface area contributed by atoms with Crippen molar-refractivity contribution in [1.29, 1.82) is 0 Å². The molecule has 0 aliphatic heterocycles. The highest BCUT2D eigenvalue weighted by molar-refractivity contribution is 5.89. The summed E-state index contributed by atoms with van der Waals surface area (Å²) in [5.74, 6) is 0.202. The first kappa shape index (κ1) is 14.5. The molecule has 0 saturated carbocycles. The van der Waals surface area contributed by atoms with E-state index in [0.29, 0.717) is 24.5 Å². The highest BCUT2D eigenvalue weighted by atomic mass is 16.5. The number of nitrogens with two attached hydrogens (primary N) is 1. The molecule has 0 amide bonds. The second-order valence-electron chi connectivity index (χ2n) is 3.55. The predicted molar refractivity (Wildman–Crippen MR) is 67.5 cm³/mol. The number of carbonyl (C=O) groups is 1. The van der Waals surface area contributed by atoms with Crippen molar-refractivity contribution in [2.24, 2.45) is 5.73 Å². The zero-order chi connectivity index (χ0) is 13.4. The molecule has 0 bridgehead atoms. The maximum absolute atomic E-state index is 11.5. The first-order valence-electron chi connectivity index (χ1n) is 5.94. The third-order valence-corrected chi connectivity index (χ3v) is 2.14. The summed E-state index contributed by atoms with van der Waals surface area (Å²) >= 11 is 0. The zero-order valence-electron chi connectivity index (χ0n) is 10.7. The molecule has 1 rings (SSSR count). The minimum absolute atomic E-state index is 0.236. The maximum atomic E-state index is 11.5. The molecule has 0 aromatic heterocycles. The van der Waals surface area contributed by atoms with Gasteiger partial charge in [-0.15, -0.1) is 0 Å². The van der Waals surface area contributed by atoms with Crippen LogP contribution in [-0.2, 0) is 9.47 Å². The second-order valence-corrected chi connectivity index (χ2v) is 3.55. The summed E-state index contributed by atoms with van der Waals surface area (Å²) in [7, 11) is 0. The zero-order valence-corrected chi connectivity index (χ0v) is 10.7. The van der Waals surface area contributed by atoms with Crippen molar-refractivity contribution in [3.8, 4) is 5.75 Å². The van der Waals surface area contributed by atoms with Gasteiger partial charge in [0.25, 0.3) is 0 Å². The van der Waals surface area contributed by atoms with Gasteiger partial charge in [0.05, 0.1) is 12.2 Å². The van der Waals surface area contributed by atoms with Crippen LogP contribution < -0.4 is 10.5 Å². The Balaban J connectivity index is 2.56. The molecular formula is C13H19NO4. The lowest BCUT2D eigenvalue weighted by molar-refractivity contribution is 0.0321. The van der Waals surface area contributed by atoms with Gasteiger partial charge in [-0.3, -0.25) is 0 Å². The number of esters is 1. The monoisotopic (exact) mass is 253 g/mol. The van der Waals surface area contributed by atoms with E-state index < -0.39 is 6.23 Å². The van der Waals surface area contributed by atoms with Crippen LogP contribution in [0, 0.1) is 0 Å². The highest BCUT2D eigenvalue weighted by Crippen LogP contribution is 2.14. The summed E-state index contributed by atoms with van der Waals surface area (Å²) in [6, 6.07) is 6.78. The fraction of sp³-hybridized carbons (Fsp3) is 0.462. The van der Waals surface area contributed by atoms with Crippen molar-refractivity contribution in [2.75, 3.05) is 19.8 Å². The molecule has 1 aromatic rings. The first-order valence-corrected chi connectivity index (χ1v) is 5.94. The lowest BCUT2D eigenvalue weighted by Gasteiger charge is -2.13. The smallest absolute Gasteiger partial charge is 0.338 e. The Morgan fingerprint density at radius 3 is 2.78 bits per heavy atom. The van der Waals surface area contributed by atoms with Crippen LogP contribution in [0.4, 0.5) is 0 Å². The maximum Gasteiger partial charge on any atom is 0.338 e. The second kappa shape index (κ2) is 7.68. The van der Waals surface area contributed by atoms with Crippen molar-refractivity contribution in [1.82, 2.24) is 0 Å². The molecule has 5 heteroatoms. The van der Waals surface area contributed by atoms with E-state index in [1.54, 1.807) is 31.2 Å². The van der Waals surface area contributed by atoms with Crippen LogP contribution in [0.15, 0.2) is 24.3 Å².